The summed E-state index contributed by atoms with van der Waals surface area (Å²) in [5.41, 5.74) is 2.12. The number of fused-ring (bicyclic) bond motifs is 1. The Balaban J connectivity index is 1.82. The van der Waals surface area contributed by atoms with E-state index in [2.05, 4.69) is 22.2 Å². The van der Waals surface area contributed by atoms with E-state index in [1.165, 1.54) is 12.1 Å². The SMILES string of the molecule is Cc1c(C(=O)N[C@H]2CCCN(C)C2)[nH]c2ccc(F)cc12. The molecule has 0 aliphatic carbocycles. The molecule has 1 aliphatic rings. The van der Waals surface area contributed by atoms with Crippen molar-refractivity contribution in [3.8, 4) is 0 Å². The van der Waals surface area contributed by atoms with E-state index in [1.807, 2.05) is 6.92 Å². The van der Waals surface area contributed by atoms with Gasteiger partial charge in [-0.25, -0.2) is 4.39 Å². The molecule has 1 aliphatic heterocycles. The number of benzene rings is 1. The highest BCUT2D eigenvalue weighted by atomic mass is 19.1. The van der Waals surface area contributed by atoms with Crippen LogP contribution in [0.3, 0.4) is 0 Å². The number of aromatic nitrogens is 1. The molecule has 0 radical (unpaired) electrons. The fourth-order valence-corrected chi connectivity index (χ4v) is 3.07. The number of aryl methyl sites for hydroxylation is 1. The Morgan fingerprint density at radius 1 is 1.48 bits per heavy atom. The number of amides is 1. The van der Waals surface area contributed by atoms with Crippen LogP contribution >= 0.6 is 0 Å². The van der Waals surface area contributed by atoms with Crippen LogP contribution in [0.15, 0.2) is 18.2 Å². The predicted octanol–water partition coefficient (Wildman–Crippen LogP) is 2.44. The van der Waals surface area contributed by atoms with Crippen molar-refractivity contribution in [2.24, 2.45) is 0 Å². The molecule has 112 valence electrons. The zero-order valence-electron chi connectivity index (χ0n) is 12.4. The van der Waals surface area contributed by atoms with Crippen molar-refractivity contribution in [3.63, 3.8) is 0 Å². The Kier molecular flexibility index (Phi) is 3.68. The minimum absolute atomic E-state index is 0.107. The molecule has 2 aromatic rings. The topological polar surface area (TPSA) is 48.1 Å². The third-order valence-electron chi connectivity index (χ3n) is 4.21. The first kappa shape index (κ1) is 14.1. The number of likely N-dealkylation sites (tertiary alicyclic amines) is 1. The maximum Gasteiger partial charge on any atom is 0.268 e. The first-order valence-corrected chi connectivity index (χ1v) is 7.32. The lowest BCUT2D eigenvalue weighted by atomic mass is 10.1. The molecule has 0 saturated carbocycles. The molecule has 1 saturated heterocycles. The monoisotopic (exact) mass is 289 g/mol. The van der Waals surface area contributed by atoms with Gasteiger partial charge >= 0.3 is 0 Å². The number of hydrogen-bond donors (Lipinski definition) is 2. The van der Waals surface area contributed by atoms with Crippen LogP contribution in [0.25, 0.3) is 10.9 Å². The number of carbonyl (C=O) groups excluding carboxylic acids is 1. The number of piperidine rings is 1. The summed E-state index contributed by atoms with van der Waals surface area (Å²) in [4.78, 5) is 17.8. The lowest BCUT2D eigenvalue weighted by Gasteiger charge is -2.30. The van der Waals surface area contributed by atoms with Crippen molar-refractivity contribution in [1.82, 2.24) is 15.2 Å². The molecule has 5 heteroatoms. The summed E-state index contributed by atoms with van der Waals surface area (Å²) in [5, 5.41) is 3.84. The molecule has 2 heterocycles. The Bertz CT molecular complexity index is 679. The molecular weight excluding hydrogens is 269 g/mol. The molecular formula is C16H20FN3O. The summed E-state index contributed by atoms with van der Waals surface area (Å²) in [5.74, 6) is -0.394. The number of hydrogen-bond acceptors (Lipinski definition) is 2. The lowest BCUT2D eigenvalue weighted by molar-refractivity contribution is 0.0907. The van der Waals surface area contributed by atoms with E-state index < -0.39 is 0 Å². The van der Waals surface area contributed by atoms with Gasteiger partial charge in [0.2, 0.25) is 0 Å². The number of nitrogens with one attached hydrogen (secondary N) is 2. The molecule has 2 N–H and O–H groups in total. The van der Waals surface area contributed by atoms with Crippen molar-refractivity contribution in [1.29, 1.82) is 0 Å². The van der Waals surface area contributed by atoms with Crippen LogP contribution in [0.1, 0.15) is 28.9 Å². The van der Waals surface area contributed by atoms with Crippen molar-refractivity contribution in [3.05, 3.63) is 35.3 Å². The van der Waals surface area contributed by atoms with Crippen LogP contribution in [0.5, 0.6) is 0 Å². The van der Waals surface area contributed by atoms with E-state index in [0.717, 1.165) is 42.4 Å². The molecule has 0 spiro atoms. The minimum Gasteiger partial charge on any atom is -0.350 e. The molecule has 0 bridgehead atoms. The van der Waals surface area contributed by atoms with Crippen LogP contribution in [-0.4, -0.2) is 42.0 Å². The maximum absolute atomic E-state index is 13.3. The molecule has 0 unspecified atom stereocenters. The lowest BCUT2D eigenvalue weighted by Crippen LogP contribution is -2.46. The van der Waals surface area contributed by atoms with E-state index in [-0.39, 0.29) is 17.8 Å². The average molecular weight is 289 g/mol. The summed E-state index contributed by atoms with van der Waals surface area (Å²) in [7, 11) is 2.06. The van der Waals surface area contributed by atoms with E-state index in [1.54, 1.807) is 6.07 Å². The molecule has 21 heavy (non-hydrogen) atoms. The minimum atomic E-state index is -0.287. The Hall–Kier alpha value is -1.88. The standard InChI is InChI=1S/C16H20FN3O/c1-10-13-8-11(17)5-6-14(13)19-15(10)16(21)18-12-4-3-7-20(2)9-12/h5-6,8,12,19H,3-4,7,9H2,1-2H3,(H,18,21)/t12-/m0/s1. The summed E-state index contributed by atoms with van der Waals surface area (Å²) in [6.45, 7) is 3.80. The second-order valence-electron chi connectivity index (χ2n) is 5.89. The number of nitrogens with zero attached hydrogens (tertiary/aromatic N) is 1. The Labute approximate surface area is 123 Å². The van der Waals surface area contributed by atoms with Gasteiger partial charge in [0.25, 0.3) is 5.91 Å². The predicted molar refractivity (Wildman–Crippen MR) is 81.0 cm³/mol. The number of carbonyl (C=O) groups is 1. The van der Waals surface area contributed by atoms with E-state index >= 15 is 0 Å². The van der Waals surface area contributed by atoms with E-state index in [0.29, 0.717) is 5.69 Å². The third-order valence-corrected chi connectivity index (χ3v) is 4.21. The van der Waals surface area contributed by atoms with Crippen molar-refractivity contribution in [2.45, 2.75) is 25.8 Å². The zero-order chi connectivity index (χ0) is 15.0. The van der Waals surface area contributed by atoms with Crippen LogP contribution in [-0.2, 0) is 0 Å². The van der Waals surface area contributed by atoms with Gasteiger partial charge in [0.15, 0.2) is 0 Å². The second-order valence-corrected chi connectivity index (χ2v) is 5.89. The van der Waals surface area contributed by atoms with Gasteiger partial charge < -0.3 is 15.2 Å². The first-order valence-electron chi connectivity index (χ1n) is 7.32. The molecule has 1 atom stereocenters. The average Bonchev–Trinajstić information content (AvgIpc) is 2.76. The highest BCUT2D eigenvalue weighted by Gasteiger charge is 2.22. The highest BCUT2D eigenvalue weighted by molar-refractivity contribution is 6.01. The van der Waals surface area contributed by atoms with Gasteiger partial charge in [-0.05, 0) is 57.1 Å². The van der Waals surface area contributed by atoms with Crippen LogP contribution < -0.4 is 5.32 Å². The summed E-state index contributed by atoms with van der Waals surface area (Å²) in [6.07, 6.45) is 2.10. The first-order chi connectivity index (χ1) is 10.0. The molecule has 1 amide bonds. The van der Waals surface area contributed by atoms with Crippen molar-refractivity contribution < 1.29 is 9.18 Å². The maximum atomic E-state index is 13.3. The third kappa shape index (κ3) is 2.78. The van der Waals surface area contributed by atoms with Crippen LogP contribution in [0.2, 0.25) is 0 Å². The number of H-pyrrole nitrogens is 1. The zero-order valence-corrected chi connectivity index (χ0v) is 12.4. The highest BCUT2D eigenvalue weighted by Crippen LogP contribution is 2.23. The van der Waals surface area contributed by atoms with Crippen LogP contribution in [0, 0.1) is 12.7 Å². The quantitative estimate of drug-likeness (QED) is 0.892. The molecule has 4 nitrogen and oxygen atoms in total. The number of halogens is 1. The normalized spacial score (nSPS) is 19.9. The van der Waals surface area contributed by atoms with Gasteiger partial charge in [0.1, 0.15) is 11.5 Å². The van der Waals surface area contributed by atoms with Crippen molar-refractivity contribution in [2.75, 3.05) is 20.1 Å². The summed E-state index contributed by atoms with van der Waals surface area (Å²) in [6, 6.07) is 4.71. The summed E-state index contributed by atoms with van der Waals surface area (Å²) < 4.78 is 13.3. The van der Waals surface area contributed by atoms with Gasteiger partial charge in [0.05, 0.1) is 0 Å². The second kappa shape index (κ2) is 5.48. The van der Waals surface area contributed by atoms with Gasteiger partial charge in [-0.3, -0.25) is 4.79 Å². The van der Waals surface area contributed by atoms with E-state index in [4.69, 9.17) is 0 Å². The fourth-order valence-electron chi connectivity index (χ4n) is 3.07. The molecule has 1 fully saturated rings. The van der Waals surface area contributed by atoms with Gasteiger partial charge in [0, 0.05) is 23.5 Å². The van der Waals surface area contributed by atoms with Crippen LogP contribution in [0.4, 0.5) is 4.39 Å². The summed E-state index contributed by atoms with van der Waals surface area (Å²) >= 11 is 0. The largest absolute Gasteiger partial charge is 0.350 e. The van der Waals surface area contributed by atoms with E-state index in [9.17, 15) is 9.18 Å². The Morgan fingerprint density at radius 2 is 2.29 bits per heavy atom. The number of likely N-dealkylation sites (N-methyl/N-ethyl adjacent to an activating group) is 1. The van der Waals surface area contributed by atoms with Gasteiger partial charge in [-0.15, -0.1) is 0 Å². The Morgan fingerprint density at radius 3 is 3.05 bits per heavy atom. The fraction of sp³-hybridized carbons (Fsp3) is 0.438. The van der Waals surface area contributed by atoms with Crippen molar-refractivity contribution >= 4 is 16.8 Å². The number of aromatic amines is 1. The van der Waals surface area contributed by atoms with Gasteiger partial charge in [-0.2, -0.15) is 0 Å². The smallest absolute Gasteiger partial charge is 0.268 e. The number of rotatable bonds is 2. The van der Waals surface area contributed by atoms with Gasteiger partial charge in [-0.1, -0.05) is 0 Å². The molecule has 1 aromatic carbocycles. The molecule has 3 rings (SSSR count). The molecule has 1 aromatic heterocycles.